The lowest BCUT2D eigenvalue weighted by Gasteiger charge is -2.22. The van der Waals surface area contributed by atoms with Crippen molar-refractivity contribution in [1.29, 1.82) is 0 Å². The highest BCUT2D eigenvalue weighted by molar-refractivity contribution is 5.75. The second-order valence-electron chi connectivity index (χ2n) is 4.00. The lowest BCUT2D eigenvalue weighted by atomic mass is 10.1. The van der Waals surface area contributed by atoms with Gasteiger partial charge >= 0.3 is 0 Å². The second-order valence-corrected chi connectivity index (χ2v) is 4.00. The molecule has 0 unspecified atom stereocenters. The summed E-state index contributed by atoms with van der Waals surface area (Å²) in [5.74, 6) is 0.561. The molecule has 0 amide bonds. The molecular formula is C12H12FN3O3. The normalized spacial score (nSPS) is 13.4. The molecule has 2 aromatic rings. The van der Waals surface area contributed by atoms with Gasteiger partial charge in [0.15, 0.2) is 23.1 Å². The van der Waals surface area contributed by atoms with Gasteiger partial charge in [-0.1, -0.05) is 0 Å². The zero-order valence-corrected chi connectivity index (χ0v) is 10.2. The van der Waals surface area contributed by atoms with Crippen molar-refractivity contribution in [3.8, 4) is 28.5 Å². The van der Waals surface area contributed by atoms with Gasteiger partial charge in [0, 0.05) is 12.1 Å². The Bertz CT molecular complexity index is 627. The van der Waals surface area contributed by atoms with Crippen LogP contribution in [-0.2, 0) is 0 Å². The third kappa shape index (κ3) is 1.83. The maximum absolute atomic E-state index is 14.4. The second kappa shape index (κ2) is 4.34. The fourth-order valence-electron chi connectivity index (χ4n) is 1.99. The van der Waals surface area contributed by atoms with Gasteiger partial charge in [0.1, 0.15) is 19.0 Å². The van der Waals surface area contributed by atoms with Crippen LogP contribution in [0.15, 0.2) is 12.1 Å². The Labute approximate surface area is 108 Å². The number of anilines is 1. The molecule has 100 valence electrons. The van der Waals surface area contributed by atoms with Crippen LogP contribution in [0.3, 0.4) is 0 Å². The van der Waals surface area contributed by atoms with Crippen molar-refractivity contribution in [1.82, 2.24) is 10.2 Å². The van der Waals surface area contributed by atoms with Crippen LogP contribution in [0.4, 0.5) is 10.2 Å². The number of nitrogens with zero attached hydrogens (tertiary/aromatic N) is 1. The van der Waals surface area contributed by atoms with Crippen LogP contribution in [0.25, 0.3) is 11.3 Å². The largest absolute Gasteiger partial charge is 0.494 e. The van der Waals surface area contributed by atoms with E-state index in [0.29, 0.717) is 30.4 Å². The summed E-state index contributed by atoms with van der Waals surface area (Å²) in [5, 5.41) is 6.45. The van der Waals surface area contributed by atoms with Crippen LogP contribution in [0.2, 0.25) is 0 Å². The van der Waals surface area contributed by atoms with Gasteiger partial charge in [-0.2, -0.15) is 5.10 Å². The molecule has 1 aromatic carbocycles. The maximum Gasteiger partial charge on any atom is 0.178 e. The standard InChI is InChI=1S/C12H12FN3O3/c1-17-7-5-8-12(19-3-2-18-8)10(11(7)13)6-4-9(14)16-15-6/h4-5H,2-3H2,1H3,(H3,14,15,16). The summed E-state index contributed by atoms with van der Waals surface area (Å²) in [4.78, 5) is 0. The van der Waals surface area contributed by atoms with Gasteiger partial charge in [0.2, 0.25) is 0 Å². The smallest absolute Gasteiger partial charge is 0.178 e. The van der Waals surface area contributed by atoms with E-state index in [1.54, 1.807) is 0 Å². The van der Waals surface area contributed by atoms with Gasteiger partial charge in [-0.3, -0.25) is 5.10 Å². The Morgan fingerprint density at radius 2 is 2.16 bits per heavy atom. The number of hydrogen-bond acceptors (Lipinski definition) is 5. The molecular weight excluding hydrogens is 253 g/mol. The monoisotopic (exact) mass is 265 g/mol. The molecule has 3 rings (SSSR count). The Morgan fingerprint density at radius 1 is 1.37 bits per heavy atom. The molecule has 1 aliphatic heterocycles. The van der Waals surface area contributed by atoms with Crippen LogP contribution >= 0.6 is 0 Å². The summed E-state index contributed by atoms with van der Waals surface area (Å²) < 4.78 is 30.4. The van der Waals surface area contributed by atoms with Crippen molar-refractivity contribution >= 4 is 5.82 Å². The number of aromatic nitrogens is 2. The van der Waals surface area contributed by atoms with E-state index in [4.69, 9.17) is 19.9 Å². The third-order valence-electron chi connectivity index (χ3n) is 2.82. The zero-order chi connectivity index (χ0) is 13.4. The van der Waals surface area contributed by atoms with Crippen LogP contribution in [0, 0.1) is 5.82 Å². The first-order chi connectivity index (χ1) is 9.20. The number of ether oxygens (including phenoxy) is 3. The van der Waals surface area contributed by atoms with Crippen molar-refractivity contribution < 1.29 is 18.6 Å². The number of rotatable bonds is 2. The van der Waals surface area contributed by atoms with Gasteiger partial charge in [0.05, 0.1) is 18.4 Å². The molecule has 19 heavy (non-hydrogen) atoms. The fraction of sp³-hybridized carbons (Fsp3) is 0.250. The van der Waals surface area contributed by atoms with Crippen molar-refractivity contribution in [2.45, 2.75) is 0 Å². The highest BCUT2D eigenvalue weighted by Crippen LogP contribution is 2.45. The van der Waals surface area contributed by atoms with E-state index in [1.807, 2.05) is 0 Å². The van der Waals surface area contributed by atoms with Gasteiger partial charge < -0.3 is 19.9 Å². The van der Waals surface area contributed by atoms with E-state index in [-0.39, 0.29) is 17.1 Å². The molecule has 0 spiro atoms. The summed E-state index contributed by atoms with van der Waals surface area (Å²) in [5.41, 5.74) is 6.16. The zero-order valence-electron chi connectivity index (χ0n) is 10.2. The number of fused-ring (bicyclic) bond motifs is 1. The topological polar surface area (TPSA) is 82.4 Å². The first kappa shape index (κ1) is 11.6. The first-order valence-electron chi connectivity index (χ1n) is 5.68. The van der Waals surface area contributed by atoms with E-state index in [9.17, 15) is 4.39 Å². The molecule has 0 saturated carbocycles. The predicted molar refractivity (Wildman–Crippen MR) is 65.9 cm³/mol. The average molecular weight is 265 g/mol. The Hall–Kier alpha value is -2.44. The lowest BCUT2D eigenvalue weighted by molar-refractivity contribution is 0.170. The van der Waals surface area contributed by atoms with Gasteiger partial charge in [-0.25, -0.2) is 4.39 Å². The number of halogens is 1. The van der Waals surface area contributed by atoms with Crippen molar-refractivity contribution in [3.63, 3.8) is 0 Å². The van der Waals surface area contributed by atoms with Gasteiger partial charge in [0.25, 0.3) is 0 Å². The number of aromatic amines is 1. The van der Waals surface area contributed by atoms with Crippen LogP contribution < -0.4 is 19.9 Å². The third-order valence-corrected chi connectivity index (χ3v) is 2.82. The van der Waals surface area contributed by atoms with Gasteiger partial charge in [-0.15, -0.1) is 0 Å². The number of nitrogens with one attached hydrogen (secondary N) is 1. The number of nitrogen functional groups attached to an aromatic ring is 1. The molecule has 0 radical (unpaired) electrons. The summed E-state index contributed by atoms with van der Waals surface area (Å²) in [6.45, 7) is 0.766. The molecule has 0 saturated heterocycles. The molecule has 0 atom stereocenters. The Kier molecular flexibility index (Phi) is 2.66. The van der Waals surface area contributed by atoms with E-state index in [1.165, 1.54) is 19.2 Å². The summed E-state index contributed by atoms with van der Waals surface area (Å²) >= 11 is 0. The number of methoxy groups -OCH3 is 1. The molecule has 0 fully saturated rings. The minimum atomic E-state index is -0.546. The average Bonchev–Trinajstić information content (AvgIpc) is 2.84. The molecule has 7 heteroatoms. The predicted octanol–water partition coefficient (Wildman–Crippen LogP) is 1.58. The molecule has 1 aliphatic rings. The molecule has 2 heterocycles. The summed E-state index contributed by atoms with van der Waals surface area (Å²) in [6, 6.07) is 2.99. The highest BCUT2D eigenvalue weighted by atomic mass is 19.1. The molecule has 0 aliphatic carbocycles. The summed E-state index contributed by atoms with van der Waals surface area (Å²) in [6.07, 6.45) is 0. The van der Waals surface area contributed by atoms with Crippen LogP contribution in [0.5, 0.6) is 17.2 Å². The molecule has 0 bridgehead atoms. The van der Waals surface area contributed by atoms with E-state index >= 15 is 0 Å². The number of nitrogens with two attached hydrogens (primary N) is 1. The fourth-order valence-corrected chi connectivity index (χ4v) is 1.99. The van der Waals surface area contributed by atoms with Crippen molar-refractivity contribution in [2.24, 2.45) is 0 Å². The van der Waals surface area contributed by atoms with Crippen molar-refractivity contribution in [2.75, 3.05) is 26.1 Å². The number of H-pyrrole nitrogens is 1. The molecule has 6 nitrogen and oxygen atoms in total. The minimum Gasteiger partial charge on any atom is -0.494 e. The SMILES string of the molecule is COc1cc2c(c(-c3cc(N)n[nH]3)c1F)OCCO2. The van der Waals surface area contributed by atoms with Gasteiger partial charge in [-0.05, 0) is 0 Å². The van der Waals surface area contributed by atoms with Crippen LogP contribution in [-0.4, -0.2) is 30.5 Å². The minimum absolute atomic E-state index is 0.0763. The molecule has 3 N–H and O–H groups in total. The van der Waals surface area contributed by atoms with Crippen LogP contribution in [0.1, 0.15) is 0 Å². The van der Waals surface area contributed by atoms with E-state index in [0.717, 1.165) is 0 Å². The Balaban J connectivity index is 2.25. The van der Waals surface area contributed by atoms with Crippen molar-refractivity contribution in [3.05, 3.63) is 17.9 Å². The van der Waals surface area contributed by atoms with E-state index < -0.39 is 5.82 Å². The number of benzene rings is 1. The number of hydrogen-bond donors (Lipinski definition) is 2. The summed E-state index contributed by atoms with van der Waals surface area (Å²) in [7, 11) is 1.39. The lowest BCUT2D eigenvalue weighted by Crippen LogP contribution is -2.16. The maximum atomic E-state index is 14.4. The molecule has 1 aromatic heterocycles. The quantitative estimate of drug-likeness (QED) is 0.861. The first-order valence-corrected chi connectivity index (χ1v) is 5.68. The Morgan fingerprint density at radius 3 is 2.84 bits per heavy atom. The van der Waals surface area contributed by atoms with E-state index in [2.05, 4.69) is 10.2 Å². The highest BCUT2D eigenvalue weighted by Gasteiger charge is 2.26.